The van der Waals surface area contributed by atoms with Crippen LogP contribution in [0.2, 0.25) is 0 Å². The summed E-state index contributed by atoms with van der Waals surface area (Å²) in [7, 11) is 0. The first-order chi connectivity index (χ1) is 2.77. The van der Waals surface area contributed by atoms with Crippen molar-refractivity contribution in [3.05, 3.63) is 0 Å². The van der Waals surface area contributed by atoms with Crippen LogP contribution in [0.3, 0.4) is 0 Å². The first-order valence-electron chi connectivity index (χ1n) is 1.32. The number of rotatable bonds is 1. The number of hydrogen-bond acceptors (Lipinski definition) is 3. The van der Waals surface area contributed by atoms with Gasteiger partial charge in [-0.25, -0.2) is 0 Å². The minimum atomic E-state index is 0.407. The molecule has 0 bridgehead atoms. The van der Waals surface area contributed by atoms with Crippen LogP contribution in [0.1, 0.15) is 6.92 Å². The van der Waals surface area contributed by atoms with Crippen molar-refractivity contribution in [2.45, 2.75) is 6.92 Å². The van der Waals surface area contributed by atoms with Gasteiger partial charge in [-0.1, -0.05) is 0 Å². The summed E-state index contributed by atoms with van der Waals surface area (Å²) >= 11 is 8.61. The highest BCUT2D eigenvalue weighted by Gasteiger charge is 1.75. The lowest BCUT2D eigenvalue weighted by Gasteiger charge is -1.84. The van der Waals surface area contributed by atoms with E-state index in [4.69, 9.17) is 0 Å². The second-order valence-electron chi connectivity index (χ2n) is 0.677. The molecule has 1 nitrogen and oxygen atoms in total. The molecule has 0 rings (SSSR count). The number of ether oxygens (including phenoxy) is 1. The maximum absolute atomic E-state index is 4.44. The highest BCUT2D eigenvalue weighted by Crippen LogP contribution is 1.72. The SMILES string of the molecule is CC(=S)O[C]=S. The van der Waals surface area contributed by atoms with E-state index in [1.165, 1.54) is 0 Å². The molecule has 0 unspecified atom stereocenters. The molecular formula is C3H3OS2. The largest absolute Gasteiger partial charge is 0.434 e. The van der Waals surface area contributed by atoms with E-state index in [0.29, 0.717) is 5.05 Å². The van der Waals surface area contributed by atoms with Gasteiger partial charge in [0.05, 0.1) is 0 Å². The lowest BCUT2D eigenvalue weighted by molar-refractivity contribution is 0.593. The van der Waals surface area contributed by atoms with Gasteiger partial charge in [0.2, 0.25) is 5.55 Å². The van der Waals surface area contributed by atoms with Crippen molar-refractivity contribution in [2.75, 3.05) is 0 Å². The summed E-state index contributed by atoms with van der Waals surface area (Å²) < 4.78 is 4.34. The van der Waals surface area contributed by atoms with Gasteiger partial charge in [-0.3, -0.25) is 0 Å². The summed E-state index contributed by atoms with van der Waals surface area (Å²) in [6, 6.07) is 0. The average molecular weight is 119 g/mol. The molecule has 6 heavy (non-hydrogen) atoms. The van der Waals surface area contributed by atoms with Crippen LogP contribution in [-0.4, -0.2) is 10.6 Å². The highest BCUT2D eigenvalue weighted by molar-refractivity contribution is 7.80. The third kappa shape index (κ3) is 3.98. The van der Waals surface area contributed by atoms with Crippen molar-refractivity contribution in [1.82, 2.24) is 0 Å². The normalized spacial score (nSPS) is 6.83. The summed E-state index contributed by atoms with van der Waals surface area (Å²) in [5, 5.41) is 0.407. The molecule has 0 aromatic heterocycles. The molecule has 0 N–H and O–H groups in total. The zero-order chi connectivity index (χ0) is 4.99. The Morgan fingerprint density at radius 3 is 2.33 bits per heavy atom. The first kappa shape index (κ1) is 5.98. The fourth-order valence-electron chi connectivity index (χ4n) is 0.0587. The van der Waals surface area contributed by atoms with Crippen molar-refractivity contribution in [3.63, 3.8) is 0 Å². The molecule has 0 aromatic carbocycles. The molecule has 0 amide bonds. The Balaban J connectivity index is 3.05. The third-order valence-electron chi connectivity index (χ3n) is 0.185. The topological polar surface area (TPSA) is 9.23 Å². The summed E-state index contributed by atoms with van der Waals surface area (Å²) in [5.74, 6) is 0. The van der Waals surface area contributed by atoms with E-state index in [1.807, 2.05) is 5.55 Å². The summed E-state index contributed by atoms with van der Waals surface area (Å²) in [6.07, 6.45) is 0. The second kappa shape index (κ2) is 3.18. The molecule has 3 heteroatoms. The van der Waals surface area contributed by atoms with E-state index in [1.54, 1.807) is 6.92 Å². The maximum atomic E-state index is 4.44. The van der Waals surface area contributed by atoms with Crippen LogP contribution in [0, 0.1) is 0 Å². The van der Waals surface area contributed by atoms with Crippen molar-refractivity contribution in [3.8, 4) is 0 Å². The van der Waals surface area contributed by atoms with Gasteiger partial charge in [-0.2, -0.15) is 0 Å². The zero-order valence-corrected chi connectivity index (χ0v) is 4.86. The fourth-order valence-corrected chi connectivity index (χ4v) is 0.278. The molecule has 0 aliphatic heterocycles. The standard InChI is InChI=1S/C3H3OS2/c1-3(6)4-2-5/h1H3. The third-order valence-corrected chi connectivity index (χ3v) is 0.352. The van der Waals surface area contributed by atoms with E-state index in [9.17, 15) is 0 Å². The summed E-state index contributed by atoms with van der Waals surface area (Å²) in [4.78, 5) is 0. The molecule has 1 radical (unpaired) electrons. The molecule has 0 aliphatic rings. The van der Waals surface area contributed by atoms with Crippen LogP contribution in [0.25, 0.3) is 0 Å². The lowest BCUT2D eigenvalue weighted by Crippen LogP contribution is -1.88. The van der Waals surface area contributed by atoms with E-state index < -0.39 is 0 Å². The summed E-state index contributed by atoms with van der Waals surface area (Å²) in [6.45, 7) is 1.63. The Bertz CT molecular complexity index is 69.2. The van der Waals surface area contributed by atoms with Gasteiger partial charge >= 0.3 is 0 Å². The van der Waals surface area contributed by atoms with Gasteiger partial charge in [0.1, 0.15) is 0 Å². The Morgan fingerprint density at radius 2 is 2.33 bits per heavy atom. The first-order valence-corrected chi connectivity index (χ1v) is 2.13. The molecule has 0 saturated carbocycles. The predicted molar refractivity (Wildman–Crippen MR) is 32.0 cm³/mol. The molecule has 0 fully saturated rings. The minimum Gasteiger partial charge on any atom is -0.434 e. The van der Waals surface area contributed by atoms with Gasteiger partial charge < -0.3 is 4.74 Å². The van der Waals surface area contributed by atoms with Crippen molar-refractivity contribution < 1.29 is 4.74 Å². The predicted octanol–water partition coefficient (Wildman–Crippen LogP) is 1.18. The van der Waals surface area contributed by atoms with Crippen LogP contribution in [-0.2, 0) is 4.74 Å². The maximum Gasteiger partial charge on any atom is 0.245 e. The van der Waals surface area contributed by atoms with Crippen molar-refractivity contribution >= 4 is 35.0 Å². The van der Waals surface area contributed by atoms with Crippen LogP contribution < -0.4 is 0 Å². The number of hydrogen-bond donors (Lipinski definition) is 0. The quantitative estimate of drug-likeness (QED) is 0.480. The number of thiocarbonyl (C=S) groups is 2. The molecule has 0 heterocycles. The van der Waals surface area contributed by atoms with Crippen molar-refractivity contribution in [2.24, 2.45) is 0 Å². The average Bonchev–Trinajstić information content (AvgIpc) is 1.35. The smallest absolute Gasteiger partial charge is 0.245 e. The molecule has 33 valence electrons. The van der Waals surface area contributed by atoms with E-state index in [2.05, 4.69) is 29.2 Å². The van der Waals surface area contributed by atoms with Crippen molar-refractivity contribution in [1.29, 1.82) is 0 Å². The van der Waals surface area contributed by atoms with Gasteiger partial charge in [0.15, 0.2) is 5.05 Å². The molecule has 0 saturated heterocycles. The second-order valence-corrected chi connectivity index (χ2v) is 1.42. The van der Waals surface area contributed by atoms with Crippen LogP contribution in [0.15, 0.2) is 0 Å². The summed E-state index contributed by atoms with van der Waals surface area (Å²) in [5.41, 5.74) is 2.01. The van der Waals surface area contributed by atoms with E-state index in [0.717, 1.165) is 0 Å². The van der Waals surface area contributed by atoms with Crippen LogP contribution >= 0.6 is 24.4 Å². The van der Waals surface area contributed by atoms with Gasteiger partial charge in [0, 0.05) is 6.92 Å². The van der Waals surface area contributed by atoms with Gasteiger partial charge in [0.25, 0.3) is 0 Å². The van der Waals surface area contributed by atoms with E-state index >= 15 is 0 Å². The lowest BCUT2D eigenvalue weighted by atomic mass is 10.9. The Labute approximate surface area is 47.3 Å². The molecule has 0 aliphatic carbocycles. The highest BCUT2D eigenvalue weighted by atomic mass is 32.1. The van der Waals surface area contributed by atoms with Crippen LogP contribution in [0.5, 0.6) is 0 Å². The Kier molecular flexibility index (Phi) is 3.17. The Morgan fingerprint density at radius 1 is 1.83 bits per heavy atom. The molecular weight excluding hydrogens is 116 g/mol. The molecule has 0 atom stereocenters. The van der Waals surface area contributed by atoms with Gasteiger partial charge in [-0.15, -0.1) is 0 Å². The fraction of sp³-hybridized carbons (Fsp3) is 0.333. The minimum absolute atomic E-state index is 0.407. The van der Waals surface area contributed by atoms with Gasteiger partial charge in [-0.05, 0) is 24.4 Å². The van der Waals surface area contributed by atoms with Crippen LogP contribution in [0.4, 0.5) is 0 Å². The van der Waals surface area contributed by atoms with E-state index in [-0.39, 0.29) is 0 Å². The molecule has 0 aromatic rings. The zero-order valence-electron chi connectivity index (χ0n) is 3.22. The monoisotopic (exact) mass is 119 g/mol. The Hall–Kier alpha value is -0.0200. The molecule has 0 spiro atoms.